The molecule has 1 amide bonds. The minimum Gasteiger partial charge on any atom is -0.374 e. The van der Waals surface area contributed by atoms with Crippen LogP contribution >= 0.6 is 0 Å². The lowest BCUT2D eigenvalue weighted by Gasteiger charge is -2.39. The van der Waals surface area contributed by atoms with E-state index in [1.54, 1.807) is 19.4 Å². The van der Waals surface area contributed by atoms with Gasteiger partial charge in [0.25, 0.3) is 5.91 Å². The first-order valence-corrected chi connectivity index (χ1v) is 11.8. The molecule has 186 valence electrons. The molecule has 0 atom stereocenters. The van der Waals surface area contributed by atoms with Gasteiger partial charge in [0, 0.05) is 44.0 Å². The topological polar surface area (TPSA) is 122 Å². The number of pyridine rings is 1. The second-order valence-corrected chi connectivity index (χ2v) is 8.74. The van der Waals surface area contributed by atoms with Crippen LogP contribution in [-0.2, 0) is 28.0 Å². The van der Waals surface area contributed by atoms with E-state index in [0.29, 0.717) is 42.8 Å². The van der Waals surface area contributed by atoms with Crippen molar-refractivity contribution in [3.8, 4) is 0 Å². The third kappa shape index (κ3) is 4.92. The van der Waals surface area contributed by atoms with Gasteiger partial charge < -0.3 is 30.7 Å². The summed E-state index contributed by atoms with van der Waals surface area (Å²) in [6.07, 6.45) is 5.83. The molecule has 2 aliphatic rings. The number of nitrogens with zero attached hydrogens (tertiary/aromatic N) is 3. The van der Waals surface area contributed by atoms with Gasteiger partial charge in [-0.25, -0.2) is 4.98 Å². The summed E-state index contributed by atoms with van der Waals surface area (Å²) in [5, 5.41) is 12.7. The van der Waals surface area contributed by atoms with E-state index in [9.17, 15) is 4.79 Å². The van der Waals surface area contributed by atoms with Gasteiger partial charge in [0.15, 0.2) is 5.60 Å². The lowest BCUT2D eigenvalue weighted by molar-refractivity contribution is -0.204. The van der Waals surface area contributed by atoms with E-state index >= 15 is 0 Å². The number of hydrogen-bond donors (Lipinski definition) is 4. The maximum absolute atomic E-state index is 12.8. The molecule has 0 saturated carbocycles. The lowest BCUT2D eigenvalue weighted by atomic mass is 9.96. The number of fused-ring (bicyclic) bond motifs is 1. The van der Waals surface area contributed by atoms with Crippen molar-refractivity contribution in [2.24, 2.45) is 0 Å². The highest BCUT2D eigenvalue weighted by Crippen LogP contribution is 2.33. The van der Waals surface area contributed by atoms with Crippen LogP contribution in [0.5, 0.6) is 0 Å². The molecule has 0 unspecified atom stereocenters. The molecule has 0 spiro atoms. The van der Waals surface area contributed by atoms with Crippen molar-refractivity contribution in [2.45, 2.75) is 18.6 Å². The first kappa shape index (κ1) is 23.9. The predicted molar refractivity (Wildman–Crippen MR) is 137 cm³/mol. The minimum absolute atomic E-state index is 0.307. The standard InChI is InChI=1S/C26H29N7O3/c1-3-8-29-24(34)21-14-30-25(32-19-5-4-17-6-9-27-13-18(17)11-19)33-23(21)31-20-7-10-28-22(12-20)26(35-2)15-36-16-26/h3-5,7,10-12,14,27H,1,6,8-9,13,15-16H2,2H3,(H,29,34)(H2,28,30,31,32,33). The molecule has 0 radical (unpaired) electrons. The molecule has 4 heterocycles. The summed E-state index contributed by atoms with van der Waals surface area (Å²) >= 11 is 0. The van der Waals surface area contributed by atoms with Crippen LogP contribution < -0.4 is 21.3 Å². The molecule has 1 fully saturated rings. The Labute approximate surface area is 209 Å². The molecular formula is C26H29N7O3. The van der Waals surface area contributed by atoms with Gasteiger partial charge in [-0.3, -0.25) is 9.78 Å². The number of carbonyl (C=O) groups is 1. The van der Waals surface area contributed by atoms with Crippen LogP contribution in [0.1, 0.15) is 27.2 Å². The van der Waals surface area contributed by atoms with Gasteiger partial charge in [-0.05, 0) is 48.4 Å². The van der Waals surface area contributed by atoms with Crippen LogP contribution in [0.3, 0.4) is 0 Å². The second-order valence-electron chi connectivity index (χ2n) is 8.74. The van der Waals surface area contributed by atoms with Gasteiger partial charge in [0.1, 0.15) is 11.4 Å². The average molecular weight is 488 g/mol. The fraction of sp³-hybridized carbons (Fsp3) is 0.308. The van der Waals surface area contributed by atoms with Gasteiger partial charge in [-0.1, -0.05) is 12.1 Å². The van der Waals surface area contributed by atoms with E-state index in [2.05, 4.69) is 54.9 Å². The molecule has 3 aromatic rings. The third-order valence-corrected chi connectivity index (χ3v) is 6.34. The van der Waals surface area contributed by atoms with Gasteiger partial charge >= 0.3 is 0 Å². The number of nitrogens with one attached hydrogen (secondary N) is 4. The van der Waals surface area contributed by atoms with Crippen LogP contribution in [0.15, 0.2) is 55.4 Å². The number of aromatic nitrogens is 3. The van der Waals surface area contributed by atoms with Gasteiger partial charge in [0.2, 0.25) is 5.95 Å². The monoisotopic (exact) mass is 487 g/mol. The average Bonchev–Trinajstić information content (AvgIpc) is 2.87. The van der Waals surface area contributed by atoms with Crippen LogP contribution in [0.4, 0.5) is 23.1 Å². The number of ether oxygens (including phenoxy) is 2. The second kappa shape index (κ2) is 10.4. The van der Waals surface area contributed by atoms with Crippen LogP contribution in [0, 0.1) is 0 Å². The molecule has 1 aromatic carbocycles. The quantitative estimate of drug-likeness (QED) is 0.338. The van der Waals surface area contributed by atoms with Gasteiger partial charge in [-0.15, -0.1) is 6.58 Å². The smallest absolute Gasteiger partial charge is 0.256 e. The highest BCUT2D eigenvalue weighted by atomic mass is 16.6. The normalized spacial score (nSPS) is 15.8. The predicted octanol–water partition coefficient (Wildman–Crippen LogP) is 2.79. The Morgan fingerprint density at radius 1 is 1.19 bits per heavy atom. The Kier molecular flexibility index (Phi) is 6.90. The summed E-state index contributed by atoms with van der Waals surface area (Å²) in [5.41, 5.74) is 4.67. The van der Waals surface area contributed by atoms with E-state index in [-0.39, 0.29) is 5.91 Å². The van der Waals surface area contributed by atoms with Crippen molar-refractivity contribution < 1.29 is 14.3 Å². The third-order valence-electron chi connectivity index (χ3n) is 6.34. The fourth-order valence-electron chi connectivity index (χ4n) is 4.20. The van der Waals surface area contributed by atoms with E-state index in [1.165, 1.54) is 17.3 Å². The zero-order valence-corrected chi connectivity index (χ0v) is 20.1. The first-order chi connectivity index (χ1) is 17.6. The highest BCUT2D eigenvalue weighted by Gasteiger charge is 2.42. The zero-order chi connectivity index (χ0) is 25.0. The summed E-state index contributed by atoms with van der Waals surface area (Å²) in [4.78, 5) is 26.3. The highest BCUT2D eigenvalue weighted by molar-refractivity contribution is 5.99. The summed E-state index contributed by atoms with van der Waals surface area (Å²) in [7, 11) is 1.64. The molecule has 4 N–H and O–H groups in total. The number of hydrogen-bond acceptors (Lipinski definition) is 9. The number of methoxy groups -OCH3 is 1. The number of benzene rings is 1. The Bertz CT molecular complexity index is 1270. The van der Waals surface area contributed by atoms with Crippen molar-refractivity contribution in [1.29, 1.82) is 0 Å². The Balaban J connectivity index is 1.43. The van der Waals surface area contributed by atoms with Crippen LogP contribution in [0.25, 0.3) is 0 Å². The number of carbonyl (C=O) groups excluding carboxylic acids is 1. The van der Waals surface area contributed by atoms with Crippen LogP contribution in [-0.4, -0.2) is 54.3 Å². The molecule has 2 aliphatic heterocycles. The summed E-state index contributed by atoms with van der Waals surface area (Å²) in [6, 6.07) is 9.93. The fourth-order valence-corrected chi connectivity index (χ4v) is 4.20. The van der Waals surface area contributed by atoms with Gasteiger partial charge in [0.05, 0.1) is 18.9 Å². The molecule has 1 saturated heterocycles. The number of anilines is 4. The zero-order valence-electron chi connectivity index (χ0n) is 20.1. The number of amides is 1. The lowest BCUT2D eigenvalue weighted by Crippen LogP contribution is -2.48. The molecule has 10 heteroatoms. The van der Waals surface area contributed by atoms with Crippen molar-refractivity contribution >= 4 is 29.0 Å². The Morgan fingerprint density at radius 3 is 2.83 bits per heavy atom. The minimum atomic E-state index is -0.568. The molecule has 36 heavy (non-hydrogen) atoms. The summed E-state index contributed by atoms with van der Waals surface area (Å²) in [5.74, 6) is 0.428. The van der Waals surface area contributed by atoms with E-state index in [4.69, 9.17) is 9.47 Å². The van der Waals surface area contributed by atoms with Crippen molar-refractivity contribution in [3.05, 3.63) is 77.8 Å². The Morgan fingerprint density at radius 2 is 2.06 bits per heavy atom. The van der Waals surface area contributed by atoms with E-state index in [1.807, 2.05) is 18.2 Å². The maximum atomic E-state index is 12.8. The summed E-state index contributed by atoms with van der Waals surface area (Å²) < 4.78 is 11.0. The van der Waals surface area contributed by atoms with Gasteiger partial charge in [-0.2, -0.15) is 4.98 Å². The van der Waals surface area contributed by atoms with Crippen LogP contribution in [0.2, 0.25) is 0 Å². The SMILES string of the molecule is C=CCNC(=O)c1cnc(Nc2ccc3c(c2)CNCC3)nc1Nc1ccnc(C2(OC)COC2)c1. The molecule has 10 nitrogen and oxygen atoms in total. The van der Waals surface area contributed by atoms with Crippen molar-refractivity contribution in [3.63, 3.8) is 0 Å². The molecular weight excluding hydrogens is 458 g/mol. The maximum Gasteiger partial charge on any atom is 0.256 e. The van der Waals surface area contributed by atoms with Crippen molar-refractivity contribution in [2.75, 3.05) is 44.0 Å². The molecule has 0 bridgehead atoms. The molecule has 5 rings (SSSR count). The number of rotatable bonds is 9. The molecule has 2 aromatic heterocycles. The first-order valence-electron chi connectivity index (χ1n) is 11.8. The van der Waals surface area contributed by atoms with E-state index < -0.39 is 5.60 Å². The Hall–Kier alpha value is -3.86. The van der Waals surface area contributed by atoms with Crippen molar-refractivity contribution in [1.82, 2.24) is 25.6 Å². The van der Waals surface area contributed by atoms with E-state index in [0.717, 1.165) is 30.9 Å². The molecule has 0 aliphatic carbocycles. The largest absolute Gasteiger partial charge is 0.374 e. The summed E-state index contributed by atoms with van der Waals surface area (Å²) in [6.45, 7) is 6.68.